The molecule has 0 saturated carbocycles. The molecule has 0 unspecified atom stereocenters. The minimum atomic E-state index is -0.260. The third kappa shape index (κ3) is 2.64. The average Bonchev–Trinajstić information content (AvgIpc) is 2.95. The molecule has 1 saturated heterocycles. The van der Waals surface area contributed by atoms with Crippen LogP contribution in [0.4, 0.5) is 0 Å². The van der Waals surface area contributed by atoms with Crippen LogP contribution in [0.2, 0.25) is 0 Å². The molecule has 1 aromatic rings. The monoisotopic (exact) mass is 236 g/mol. The van der Waals surface area contributed by atoms with Crippen molar-refractivity contribution < 1.29 is 9.59 Å². The Morgan fingerprint density at radius 3 is 2.76 bits per heavy atom. The van der Waals surface area contributed by atoms with Crippen LogP contribution in [0, 0.1) is 6.92 Å². The Morgan fingerprint density at radius 1 is 1.47 bits per heavy atom. The first-order valence-corrected chi connectivity index (χ1v) is 5.74. The van der Waals surface area contributed by atoms with Crippen LogP contribution >= 0.6 is 0 Å². The molecule has 0 aliphatic carbocycles. The predicted octanol–water partition coefficient (Wildman–Crippen LogP) is 0.0703. The number of aromatic amines is 1. The maximum Gasteiger partial charge on any atom is 0.255 e. The fourth-order valence-corrected chi connectivity index (χ4v) is 1.91. The summed E-state index contributed by atoms with van der Waals surface area (Å²) in [6.45, 7) is 3.44. The maximum atomic E-state index is 11.7. The molecule has 0 spiro atoms. The Labute approximate surface area is 99.4 Å². The number of H-pyrrole nitrogens is 1. The summed E-state index contributed by atoms with van der Waals surface area (Å²) in [5.74, 6) is -0.277. The number of carbonyl (C=O) groups excluding carboxylic acids is 2. The first kappa shape index (κ1) is 11.6. The van der Waals surface area contributed by atoms with Gasteiger partial charge in [-0.25, -0.2) is 0 Å². The highest BCUT2D eigenvalue weighted by molar-refractivity contribution is 5.97. The zero-order chi connectivity index (χ0) is 12.3. The minimum absolute atomic E-state index is 0.0167. The second kappa shape index (κ2) is 4.99. The van der Waals surface area contributed by atoms with Crippen LogP contribution in [0.25, 0.3) is 0 Å². The second-order valence-corrected chi connectivity index (χ2v) is 4.18. The van der Waals surface area contributed by atoms with Crippen molar-refractivity contribution in [3.63, 3.8) is 0 Å². The SMILES string of the molecule is Cc1[nH]ncc1C(=O)NCC(=O)N1CCCC1. The summed E-state index contributed by atoms with van der Waals surface area (Å²) in [5, 5.41) is 9.06. The first-order valence-electron chi connectivity index (χ1n) is 5.74. The van der Waals surface area contributed by atoms with Crippen molar-refractivity contribution in [1.29, 1.82) is 0 Å². The number of carbonyl (C=O) groups is 2. The van der Waals surface area contributed by atoms with Crippen LogP contribution in [-0.2, 0) is 4.79 Å². The molecule has 0 atom stereocenters. The average molecular weight is 236 g/mol. The number of aromatic nitrogens is 2. The summed E-state index contributed by atoms with van der Waals surface area (Å²) in [4.78, 5) is 25.2. The lowest BCUT2D eigenvalue weighted by Gasteiger charge is -2.15. The largest absolute Gasteiger partial charge is 0.343 e. The fraction of sp³-hybridized carbons (Fsp3) is 0.545. The quantitative estimate of drug-likeness (QED) is 0.779. The van der Waals surface area contributed by atoms with E-state index in [1.165, 1.54) is 6.20 Å². The van der Waals surface area contributed by atoms with Crippen LogP contribution in [0.5, 0.6) is 0 Å². The topological polar surface area (TPSA) is 78.1 Å². The van der Waals surface area contributed by atoms with Gasteiger partial charge in [0, 0.05) is 18.8 Å². The van der Waals surface area contributed by atoms with E-state index in [-0.39, 0.29) is 18.4 Å². The van der Waals surface area contributed by atoms with Gasteiger partial charge in [-0.3, -0.25) is 14.7 Å². The highest BCUT2D eigenvalue weighted by atomic mass is 16.2. The Hall–Kier alpha value is -1.85. The van der Waals surface area contributed by atoms with Crippen molar-refractivity contribution in [3.8, 4) is 0 Å². The molecule has 2 N–H and O–H groups in total. The summed E-state index contributed by atoms with van der Waals surface area (Å²) in [7, 11) is 0. The predicted molar refractivity (Wildman–Crippen MR) is 61.5 cm³/mol. The van der Waals surface area contributed by atoms with Crippen molar-refractivity contribution in [1.82, 2.24) is 20.4 Å². The zero-order valence-corrected chi connectivity index (χ0v) is 9.82. The van der Waals surface area contributed by atoms with Crippen molar-refractivity contribution in [3.05, 3.63) is 17.5 Å². The summed E-state index contributed by atoms with van der Waals surface area (Å²) >= 11 is 0. The molecule has 92 valence electrons. The number of hydrogen-bond donors (Lipinski definition) is 2. The van der Waals surface area contributed by atoms with Gasteiger partial charge in [-0.1, -0.05) is 0 Å². The molecule has 1 aromatic heterocycles. The van der Waals surface area contributed by atoms with E-state index in [9.17, 15) is 9.59 Å². The first-order chi connectivity index (χ1) is 8.18. The van der Waals surface area contributed by atoms with E-state index in [2.05, 4.69) is 15.5 Å². The molecule has 17 heavy (non-hydrogen) atoms. The third-order valence-electron chi connectivity index (χ3n) is 2.93. The number of rotatable bonds is 3. The fourth-order valence-electron chi connectivity index (χ4n) is 1.91. The van der Waals surface area contributed by atoms with Gasteiger partial charge in [0.25, 0.3) is 5.91 Å². The van der Waals surface area contributed by atoms with Gasteiger partial charge in [-0.2, -0.15) is 5.10 Å². The van der Waals surface area contributed by atoms with Crippen LogP contribution in [0.15, 0.2) is 6.20 Å². The number of nitrogens with one attached hydrogen (secondary N) is 2. The molecule has 1 fully saturated rings. The van der Waals surface area contributed by atoms with Crippen molar-refractivity contribution in [2.24, 2.45) is 0 Å². The normalized spacial score (nSPS) is 15.0. The van der Waals surface area contributed by atoms with Gasteiger partial charge in [-0.05, 0) is 19.8 Å². The summed E-state index contributed by atoms with van der Waals surface area (Å²) < 4.78 is 0. The van der Waals surface area contributed by atoms with Gasteiger partial charge in [0.15, 0.2) is 0 Å². The Bertz CT molecular complexity index is 421. The van der Waals surface area contributed by atoms with Crippen LogP contribution in [-0.4, -0.2) is 46.5 Å². The van der Waals surface area contributed by atoms with E-state index in [1.54, 1.807) is 11.8 Å². The van der Waals surface area contributed by atoms with Gasteiger partial charge in [-0.15, -0.1) is 0 Å². The highest BCUT2D eigenvalue weighted by Crippen LogP contribution is 2.07. The standard InChI is InChI=1S/C11H16N4O2/c1-8-9(6-13-14-8)11(17)12-7-10(16)15-4-2-3-5-15/h6H,2-5,7H2,1H3,(H,12,17)(H,13,14). The van der Waals surface area contributed by atoms with E-state index in [4.69, 9.17) is 0 Å². The number of nitrogens with zero attached hydrogens (tertiary/aromatic N) is 2. The van der Waals surface area contributed by atoms with E-state index < -0.39 is 0 Å². The third-order valence-corrected chi connectivity index (χ3v) is 2.93. The van der Waals surface area contributed by atoms with E-state index in [1.807, 2.05) is 0 Å². The van der Waals surface area contributed by atoms with Crippen molar-refractivity contribution >= 4 is 11.8 Å². The Kier molecular flexibility index (Phi) is 3.41. The number of aryl methyl sites for hydroxylation is 1. The smallest absolute Gasteiger partial charge is 0.255 e. The van der Waals surface area contributed by atoms with Gasteiger partial charge in [0.1, 0.15) is 0 Å². The molecule has 6 nitrogen and oxygen atoms in total. The van der Waals surface area contributed by atoms with E-state index in [0.29, 0.717) is 11.3 Å². The molecular weight excluding hydrogens is 220 g/mol. The number of amides is 2. The van der Waals surface area contributed by atoms with Gasteiger partial charge >= 0.3 is 0 Å². The molecule has 2 amide bonds. The lowest BCUT2D eigenvalue weighted by atomic mass is 10.2. The molecule has 2 heterocycles. The minimum Gasteiger partial charge on any atom is -0.343 e. The summed E-state index contributed by atoms with van der Waals surface area (Å²) in [5.41, 5.74) is 1.19. The molecular formula is C11H16N4O2. The second-order valence-electron chi connectivity index (χ2n) is 4.18. The van der Waals surface area contributed by atoms with Gasteiger partial charge < -0.3 is 10.2 Å². The summed E-state index contributed by atoms with van der Waals surface area (Å²) in [6.07, 6.45) is 3.58. The molecule has 6 heteroatoms. The van der Waals surface area contributed by atoms with Crippen LogP contribution < -0.4 is 5.32 Å². The van der Waals surface area contributed by atoms with Crippen molar-refractivity contribution in [2.45, 2.75) is 19.8 Å². The molecule has 0 aromatic carbocycles. The summed E-state index contributed by atoms with van der Waals surface area (Å²) in [6, 6.07) is 0. The molecule has 2 rings (SSSR count). The Morgan fingerprint density at radius 2 is 2.18 bits per heavy atom. The van der Waals surface area contributed by atoms with Gasteiger partial charge in [0.05, 0.1) is 18.3 Å². The maximum absolute atomic E-state index is 11.7. The van der Waals surface area contributed by atoms with Crippen LogP contribution in [0.1, 0.15) is 28.9 Å². The highest BCUT2D eigenvalue weighted by Gasteiger charge is 2.19. The molecule has 1 aliphatic heterocycles. The lowest BCUT2D eigenvalue weighted by Crippen LogP contribution is -2.38. The molecule has 1 aliphatic rings. The van der Waals surface area contributed by atoms with E-state index >= 15 is 0 Å². The van der Waals surface area contributed by atoms with E-state index in [0.717, 1.165) is 25.9 Å². The number of hydrogen-bond acceptors (Lipinski definition) is 3. The molecule has 0 radical (unpaired) electrons. The lowest BCUT2D eigenvalue weighted by molar-refractivity contribution is -0.129. The van der Waals surface area contributed by atoms with Crippen LogP contribution in [0.3, 0.4) is 0 Å². The zero-order valence-electron chi connectivity index (χ0n) is 9.82. The van der Waals surface area contributed by atoms with Crippen molar-refractivity contribution in [2.75, 3.05) is 19.6 Å². The molecule has 0 bridgehead atoms. The van der Waals surface area contributed by atoms with Gasteiger partial charge in [0.2, 0.25) is 5.91 Å². The number of likely N-dealkylation sites (tertiary alicyclic amines) is 1. The Balaban J connectivity index is 1.84.